The van der Waals surface area contributed by atoms with Gasteiger partial charge in [0.15, 0.2) is 0 Å². The summed E-state index contributed by atoms with van der Waals surface area (Å²) in [6, 6.07) is 7.90. The molecule has 0 radical (unpaired) electrons. The molecule has 3 heteroatoms. The average Bonchev–Trinajstić information content (AvgIpc) is 2.43. The monoisotopic (exact) mass is 198 g/mol. The third-order valence-corrected chi connectivity index (χ3v) is 2.92. The molecular formula is C9H7ClOS. The Kier molecular flexibility index (Phi) is 1.95. The first-order valence-corrected chi connectivity index (χ1v) is 4.72. The van der Waals surface area contributed by atoms with Crippen LogP contribution in [0.25, 0.3) is 10.1 Å². The second kappa shape index (κ2) is 2.96. The molecule has 0 aliphatic carbocycles. The minimum atomic E-state index is 0.818. The zero-order valence-electron chi connectivity index (χ0n) is 6.50. The third-order valence-electron chi connectivity index (χ3n) is 1.70. The maximum absolute atomic E-state index is 5.86. The van der Waals surface area contributed by atoms with Gasteiger partial charge in [-0.05, 0) is 29.7 Å². The van der Waals surface area contributed by atoms with Gasteiger partial charge in [-0.3, -0.25) is 0 Å². The summed E-state index contributed by atoms with van der Waals surface area (Å²) in [4.78, 5) is 0. The summed E-state index contributed by atoms with van der Waals surface area (Å²) < 4.78 is 7.08. The highest BCUT2D eigenvalue weighted by molar-refractivity contribution is 7.22. The van der Waals surface area contributed by atoms with Crippen molar-refractivity contribution in [2.75, 3.05) is 7.11 Å². The summed E-state index contributed by atoms with van der Waals surface area (Å²) in [6.45, 7) is 0. The Morgan fingerprint density at radius 1 is 1.33 bits per heavy atom. The molecule has 0 N–H and O–H groups in total. The number of ether oxygens (including phenoxy) is 1. The van der Waals surface area contributed by atoms with E-state index in [4.69, 9.17) is 16.3 Å². The van der Waals surface area contributed by atoms with E-state index in [0.29, 0.717) is 0 Å². The predicted octanol–water partition coefficient (Wildman–Crippen LogP) is 3.56. The lowest BCUT2D eigenvalue weighted by Crippen LogP contribution is -1.79. The van der Waals surface area contributed by atoms with Gasteiger partial charge in [0.2, 0.25) is 0 Å². The van der Waals surface area contributed by atoms with Gasteiger partial charge in [-0.1, -0.05) is 11.6 Å². The first kappa shape index (κ1) is 7.90. The fourth-order valence-corrected chi connectivity index (χ4v) is 2.29. The minimum Gasteiger partial charge on any atom is -0.497 e. The Bertz CT molecular complexity index is 408. The molecular weight excluding hydrogens is 192 g/mol. The molecule has 0 aliphatic rings. The molecule has 1 heterocycles. The largest absolute Gasteiger partial charge is 0.497 e. The number of hydrogen-bond acceptors (Lipinski definition) is 2. The van der Waals surface area contributed by atoms with Crippen LogP contribution in [0.1, 0.15) is 0 Å². The van der Waals surface area contributed by atoms with E-state index in [1.54, 1.807) is 18.4 Å². The highest BCUT2D eigenvalue weighted by Gasteiger charge is 2.00. The topological polar surface area (TPSA) is 9.23 Å². The summed E-state index contributed by atoms with van der Waals surface area (Å²) in [7, 11) is 1.66. The van der Waals surface area contributed by atoms with Crippen LogP contribution >= 0.6 is 22.9 Å². The molecule has 0 spiro atoms. The first-order chi connectivity index (χ1) is 5.79. The van der Waals surface area contributed by atoms with E-state index in [1.807, 2.05) is 24.3 Å². The lowest BCUT2D eigenvalue weighted by molar-refractivity contribution is 0.415. The Balaban J connectivity index is 2.66. The molecule has 0 unspecified atom stereocenters. The molecule has 1 aromatic heterocycles. The molecule has 0 aliphatic heterocycles. The Morgan fingerprint density at radius 3 is 2.92 bits per heavy atom. The number of thiophene rings is 1. The number of methoxy groups -OCH3 is 1. The third kappa shape index (κ3) is 1.28. The molecule has 2 rings (SSSR count). The van der Waals surface area contributed by atoms with Crippen molar-refractivity contribution in [2.45, 2.75) is 0 Å². The maximum atomic E-state index is 5.86. The molecule has 0 saturated carbocycles. The molecule has 62 valence electrons. The molecule has 2 aromatic rings. The molecule has 1 nitrogen and oxygen atoms in total. The van der Waals surface area contributed by atoms with E-state index in [0.717, 1.165) is 10.1 Å². The quantitative estimate of drug-likeness (QED) is 0.681. The zero-order valence-corrected chi connectivity index (χ0v) is 8.08. The van der Waals surface area contributed by atoms with Crippen LogP contribution in [0.4, 0.5) is 0 Å². The van der Waals surface area contributed by atoms with Gasteiger partial charge in [0.1, 0.15) is 5.75 Å². The molecule has 0 amide bonds. The second-order valence-corrected chi connectivity index (χ2v) is 4.17. The summed E-state index contributed by atoms with van der Waals surface area (Å²) >= 11 is 7.42. The fourth-order valence-electron chi connectivity index (χ4n) is 1.11. The van der Waals surface area contributed by atoms with Crippen LogP contribution in [0.15, 0.2) is 24.3 Å². The van der Waals surface area contributed by atoms with Crippen LogP contribution < -0.4 is 4.74 Å². The average molecular weight is 199 g/mol. The van der Waals surface area contributed by atoms with Crippen molar-refractivity contribution >= 4 is 33.0 Å². The first-order valence-electron chi connectivity index (χ1n) is 3.52. The maximum Gasteiger partial charge on any atom is 0.120 e. The molecule has 0 fully saturated rings. The van der Waals surface area contributed by atoms with E-state index in [-0.39, 0.29) is 0 Å². The molecule has 0 atom stereocenters. The van der Waals surface area contributed by atoms with Gasteiger partial charge in [0, 0.05) is 4.70 Å². The van der Waals surface area contributed by atoms with Gasteiger partial charge in [-0.2, -0.15) is 0 Å². The van der Waals surface area contributed by atoms with Crippen LogP contribution in [-0.2, 0) is 0 Å². The Hall–Kier alpha value is -0.730. The molecule has 0 bridgehead atoms. The van der Waals surface area contributed by atoms with Crippen LogP contribution in [0.5, 0.6) is 5.75 Å². The summed E-state index contributed by atoms with van der Waals surface area (Å²) in [6.07, 6.45) is 0. The fraction of sp³-hybridized carbons (Fsp3) is 0.111. The van der Waals surface area contributed by atoms with Crippen molar-refractivity contribution in [1.29, 1.82) is 0 Å². The van der Waals surface area contributed by atoms with E-state index < -0.39 is 0 Å². The van der Waals surface area contributed by atoms with E-state index in [9.17, 15) is 0 Å². The van der Waals surface area contributed by atoms with Crippen LogP contribution in [0, 0.1) is 0 Å². The standard InChI is InChI=1S/C9H7ClOS/c1-11-7-3-2-6-4-9(10)12-8(6)5-7/h2-5H,1H3. The number of hydrogen-bond donors (Lipinski definition) is 0. The molecule has 12 heavy (non-hydrogen) atoms. The van der Waals surface area contributed by atoms with Crippen LogP contribution in [0.2, 0.25) is 4.34 Å². The smallest absolute Gasteiger partial charge is 0.120 e. The van der Waals surface area contributed by atoms with E-state index >= 15 is 0 Å². The van der Waals surface area contributed by atoms with Crippen molar-refractivity contribution < 1.29 is 4.74 Å². The van der Waals surface area contributed by atoms with Crippen molar-refractivity contribution in [3.05, 3.63) is 28.6 Å². The number of fused-ring (bicyclic) bond motifs is 1. The van der Waals surface area contributed by atoms with E-state index in [1.165, 1.54) is 10.1 Å². The van der Waals surface area contributed by atoms with Gasteiger partial charge in [0.25, 0.3) is 0 Å². The number of rotatable bonds is 1. The van der Waals surface area contributed by atoms with E-state index in [2.05, 4.69) is 0 Å². The summed E-state index contributed by atoms with van der Waals surface area (Å²) in [5.41, 5.74) is 0. The SMILES string of the molecule is COc1ccc2cc(Cl)sc2c1. The number of halogens is 1. The molecule has 1 aromatic carbocycles. The highest BCUT2D eigenvalue weighted by atomic mass is 35.5. The Morgan fingerprint density at radius 2 is 2.17 bits per heavy atom. The van der Waals surface area contributed by atoms with Crippen LogP contribution in [-0.4, -0.2) is 7.11 Å². The van der Waals surface area contributed by atoms with Gasteiger partial charge < -0.3 is 4.74 Å². The van der Waals surface area contributed by atoms with Crippen molar-refractivity contribution in [3.8, 4) is 5.75 Å². The minimum absolute atomic E-state index is 0.818. The normalized spacial score (nSPS) is 10.5. The van der Waals surface area contributed by atoms with Crippen molar-refractivity contribution in [1.82, 2.24) is 0 Å². The zero-order chi connectivity index (χ0) is 8.55. The van der Waals surface area contributed by atoms with Crippen LogP contribution in [0.3, 0.4) is 0 Å². The summed E-state index contributed by atoms with van der Waals surface area (Å²) in [5, 5.41) is 1.17. The second-order valence-electron chi connectivity index (χ2n) is 2.45. The van der Waals surface area contributed by atoms with Crippen molar-refractivity contribution in [2.24, 2.45) is 0 Å². The summed E-state index contributed by atoms with van der Waals surface area (Å²) in [5.74, 6) is 0.876. The van der Waals surface area contributed by atoms with Gasteiger partial charge in [-0.25, -0.2) is 0 Å². The highest BCUT2D eigenvalue weighted by Crippen LogP contribution is 2.31. The predicted molar refractivity (Wildman–Crippen MR) is 53.4 cm³/mol. The van der Waals surface area contributed by atoms with Crippen molar-refractivity contribution in [3.63, 3.8) is 0 Å². The van der Waals surface area contributed by atoms with Gasteiger partial charge in [0.05, 0.1) is 11.4 Å². The van der Waals surface area contributed by atoms with Gasteiger partial charge in [-0.15, -0.1) is 11.3 Å². The Labute approximate surface area is 79.5 Å². The lowest BCUT2D eigenvalue weighted by Gasteiger charge is -1.97. The molecule has 0 saturated heterocycles. The number of benzene rings is 1. The lowest BCUT2D eigenvalue weighted by atomic mass is 10.2. The van der Waals surface area contributed by atoms with Gasteiger partial charge >= 0.3 is 0 Å².